The fourth-order valence-electron chi connectivity index (χ4n) is 4.30. The predicted molar refractivity (Wildman–Crippen MR) is 119 cm³/mol. The number of aryl methyl sites for hydroxylation is 1. The number of allylic oxidation sites excluding steroid dienone is 1. The molecule has 1 aliphatic rings. The van der Waals surface area contributed by atoms with Gasteiger partial charge in [0.05, 0.1) is 0 Å². The van der Waals surface area contributed by atoms with E-state index in [1.165, 1.54) is 44.5 Å². The zero-order valence-electron chi connectivity index (χ0n) is 16.2. The molecule has 0 heterocycles. The minimum absolute atomic E-state index is 0.277. The molecular formula is C25H23Cl2Zr. The van der Waals surface area contributed by atoms with Gasteiger partial charge in [-0.15, -0.1) is 0 Å². The summed E-state index contributed by atoms with van der Waals surface area (Å²) in [6, 6.07) is 24.0. The zero-order valence-corrected chi connectivity index (χ0v) is 20.1. The zero-order chi connectivity index (χ0) is 19.7. The molecule has 4 rings (SSSR count). The van der Waals surface area contributed by atoms with Gasteiger partial charge in [-0.1, -0.05) is 0 Å². The number of rotatable bonds is 5. The third kappa shape index (κ3) is 3.58. The van der Waals surface area contributed by atoms with Crippen LogP contribution in [0.2, 0.25) is 0 Å². The van der Waals surface area contributed by atoms with Crippen molar-refractivity contribution in [1.29, 1.82) is 0 Å². The fourth-order valence-corrected chi connectivity index (χ4v) is 9.94. The van der Waals surface area contributed by atoms with E-state index >= 15 is 0 Å². The van der Waals surface area contributed by atoms with Gasteiger partial charge >= 0.3 is 184 Å². The molecule has 0 fully saturated rings. The number of hydrogen-bond acceptors (Lipinski definition) is 0. The monoisotopic (exact) mass is 483 g/mol. The molecule has 1 aliphatic carbocycles. The molecule has 3 heteroatoms. The van der Waals surface area contributed by atoms with Gasteiger partial charge in [0.25, 0.3) is 0 Å². The van der Waals surface area contributed by atoms with Crippen molar-refractivity contribution in [3.63, 3.8) is 0 Å². The van der Waals surface area contributed by atoms with Crippen LogP contribution in [-0.4, -0.2) is 0 Å². The number of hydrogen-bond donors (Lipinski definition) is 0. The van der Waals surface area contributed by atoms with E-state index in [4.69, 9.17) is 17.0 Å². The van der Waals surface area contributed by atoms with Gasteiger partial charge in [-0.25, -0.2) is 0 Å². The summed E-state index contributed by atoms with van der Waals surface area (Å²) in [5.74, 6) is 0. The summed E-state index contributed by atoms with van der Waals surface area (Å²) in [4.78, 5) is 0. The van der Waals surface area contributed by atoms with Gasteiger partial charge in [-0.05, 0) is 0 Å². The summed E-state index contributed by atoms with van der Waals surface area (Å²) in [7, 11) is 13.2. The van der Waals surface area contributed by atoms with Crippen molar-refractivity contribution in [3.05, 3.63) is 89.0 Å². The van der Waals surface area contributed by atoms with Crippen LogP contribution in [0.4, 0.5) is 0 Å². The van der Waals surface area contributed by atoms with Crippen LogP contribution in [0.1, 0.15) is 40.6 Å². The summed E-state index contributed by atoms with van der Waals surface area (Å²) in [6.07, 6.45) is 4.38. The van der Waals surface area contributed by atoms with Gasteiger partial charge < -0.3 is 0 Å². The van der Waals surface area contributed by atoms with Crippen LogP contribution in [0.3, 0.4) is 0 Å². The van der Waals surface area contributed by atoms with Gasteiger partial charge in [0.2, 0.25) is 0 Å². The summed E-state index contributed by atoms with van der Waals surface area (Å²) >= 11 is -2.47. The molecule has 0 aromatic heterocycles. The molecule has 0 N–H and O–H groups in total. The van der Waals surface area contributed by atoms with Gasteiger partial charge in [0.1, 0.15) is 0 Å². The van der Waals surface area contributed by atoms with E-state index < -0.39 is 19.4 Å². The van der Waals surface area contributed by atoms with Crippen LogP contribution in [0.25, 0.3) is 28.3 Å². The quantitative estimate of drug-likeness (QED) is 0.341. The van der Waals surface area contributed by atoms with Crippen molar-refractivity contribution in [3.8, 4) is 22.3 Å². The third-order valence-electron chi connectivity index (χ3n) is 5.67. The van der Waals surface area contributed by atoms with E-state index in [1.807, 2.05) is 0 Å². The average molecular weight is 486 g/mol. The Kier molecular flexibility index (Phi) is 6.26. The van der Waals surface area contributed by atoms with Crippen molar-refractivity contribution in [2.24, 2.45) is 0 Å². The van der Waals surface area contributed by atoms with Gasteiger partial charge in [0, 0.05) is 0 Å². The van der Waals surface area contributed by atoms with E-state index in [0.717, 1.165) is 12.8 Å². The molecule has 3 aromatic carbocycles. The molecule has 1 unspecified atom stereocenters. The second-order valence-electron chi connectivity index (χ2n) is 7.16. The molecule has 0 bridgehead atoms. The number of benzene rings is 3. The van der Waals surface area contributed by atoms with Crippen LogP contribution < -0.4 is 0 Å². The maximum atomic E-state index is 6.61. The molecule has 3 aromatic rings. The van der Waals surface area contributed by atoms with Crippen LogP contribution in [0, 0.1) is 0 Å². The fraction of sp³-hybridized carbons (Fsp3) is 0.200. The van der Waals surface area contributed by atoms with E-state index in [1.54, 1.807) is 0 Å². The van der Waals surface area contributed by atoms with Crippen molar-refractivity contribution < 1.29 is 19.4 Å². The summed E-state index contributed by atoms with van der Waals surface area (Å²) in [5, 5.41) is 0. The minimum atomic E-state index is -2.47. The molecule has 0 nitrogen and oxygen atoms in total. The summed E-state index contributed by atoms with van der Waals surface area (Å²) < 4.78 is 0.277. The Morgan fingerprint density at radius 2 is 1.46 bits per heavy atom. The normalized spacial score (nSPS) is 15.3. The second kappa shape index (κ2) is 8.70. The molecule has 0 radical (unpaired) electrons. The van der Waals surface area contributed by atoms with E-state index in [0.29, 0.717) is 0 Å². The van der Waals surface area contributed by atoms with Crippen LogP contribution in [-0.2, 0) is 25.8 Å². The first-order valence-electron chi connectivity index (χ1n) is 9.84. The Bertz CT molecular complexity index is 1020. The van der Waals surface area contributed by atoms with Crippen LogP contribution in [0.5, 0.6) is 0 Å². The second-order valence-corrected chi connectivity index (χ2v) is 16.0. The molecule has 141 valence electrons. The Morgan fingerprint density at radius 3 is 2.11 bits per heavy atom. The van der Waals surface area contributed by atoms with Crippen LogP contribution >= 0.6 is 17.0 Å². The standard InChI is InChI=1S/C25H23.2ClH.Zr/c1-3-18-16-21-15-14-19(4-2)25(24(21)17-18)23-13-9-8-12-22(23)20-10-6-5-7-11-20;;;/h5-17H,3-4H2,1-2H3;2*1H;/q;;;+2/p-2. The first-order valence-corrected chi connectivity index (χ1v) is 17.6. The molecule has 0 aliphatic heterocycles. The molecule has 0 saturated heterocycles. The molecule has 1 atom stereocenters. The maximum absolute atomic E-state index is 6.61. The molecule has 0 saturated carbocycles. The predicted octanol–water partition coefficient (Wildman–Crippen LogP) is 8.36. The van der Waals surface area contributed by atoms with E-state index in [9.17, 15) is 0 Å². The Morgan fingerprint density at radius 1 is 0.786 bits per heavy atom. The topological polar surface area (TPSA) is 0 Å². The van der Waals surface area contributed by atoms with Crippen molar-refractivity contribution in [2.45, 2.75) is 30.3 Å². The van der Waals surface area contributed by atoms with E-state index in [2.05, 4.69) is 86.7 Å². The SMILES string of the molecule is CCC1=Cc2c(ccc(CC)c2-c2ccccc2-c2ccccc2)[CH]1[Zr]([Cl])[Cl]. The average Bonchev–Trinajstić information content (AvgIpc) is 3.12. The number of fused-ring (bicyclic) bond motifs is 1. The third-order valence-corrected chi connectivity index (χ3v) is 11.0. The van der Waals surface area contributed by atoms with Crippen molar-refractivity contribution in [2.75, 3.05) is 0 Å². The van der Waals surface area contributed by atoms with Gasteiger partial charge in [-0.2, -0.15) is 0 Å². The first kappa shape index (κ1) is 20.1. The Hall–Kier alpha value is -1.14. The summed E-state index contributed by atoms with van der Waals surface area (Å²) in [6.45, 7) is 4.44. The molecule has 0 spiro atoms. The Balaban J connectivity index is 2.00. The number of halogens is 2. The summed E-state index contributed by atoms with van der Waals surface area (Å²) in [5.41, 5.74) is 10.6. The van der Waals surface area contributed by atoms with Crippen molar-refractivity contribution in [1.82, 2.24) is 0 Å². The molecule has 28 heavy (non-hydrogen) atoms. The van der Waals surface area contributed by atoms with Crippen LogP contribution in [0.15, 0.2) is 72.3 Å². The molecule has 0 amide bonds. The Labute approximate surface area is 183 Å². The van der Waals surface area contributed by atoms with Crippen molar-refractivity contribution >= 4 is 23.1 Å². The van der Waals surface area contributed by atoms with E-state index in [-0.39, 0.29) is 3.63 Å². The molecular weight excluding hydrogens is 462 g/mol. The van der Waals surface area contributed by atoms with Gasteiger partial charge in [-0.3, -0.25) is 0 Å². The van der Waals surface area contributed by atoms with Gasteiger partial charge in [0.15, 0.2) is 0 Å². The first-order chi connectivity index (χ1) is 13.7.